The average Bonchev–Trinajstić information content (AvgIpc) is 3.00. The Balaban J connectivity index is 1.86. The van der Waals surface area contributed by atoms with E-state index < -0.39 is 0 Å². The fourth-order valence-electron chi connectivity index (χ4n) is 2.03. The number of anilines is 1. The Morgan fingerprint density at radius 2 is 1.76 bits per heavy atom. The number of hydrogen-bond donors (Lipinski definition) is 1. The fraction of sp³-hybridized carbons (Fsp3) is 0.0588. The highest BCUT2D eigenvalue weighted by Gasteiger charge is 2.17. The molecule has 1 amide bonds. The third kappa shape index (κ3) is 2.84. The Bertz CT molecular complexity index is 746. The highest BCUT2D eigenvalue weighted by Crippen LogP contribution is 2.24. The molecular weight excluding hydrogens is 264 g/mol. The summed E-state index contributed by atoms with van der Waals surface area (Å²) in [5.41, 5.74) is 3.12. The zero-order valence-electron chi connectivity index (χ0n) is 11.5. The van der Waals surface area contributed by atoms with Crippen LogP contribution in [0.1, 0.15) is 15.9 Å². The van der Waals surface area contributed by atoms with Crippen molar-refractivity contribution in [3.05, 3.63) is 71.9 Å². The standard InChI is InChI=1S/C17H14N2O2/c1-12-7-9-14(10-8-12)19-17(20)15-11-18-21-16(15)13-5-3-2-4-6-13/h2-11H,1H3,(H,19,20). The van der Waals surface area contributed by atoms with Gasteiger partial charge in [0.15, 0.2) is 5.76 Å². The van der Waals surface area contributed by atoms with Gasteiger partial charge in [0.2, 0.25) is 0 Å². The summed E-state index contributed by atoms with van der Waals surface area (Å²) in [4.78, 5) is 12.3. The molecule has 4 nitrogen and oxygen atoms in total. The van der Waals surface area contributed by atoms with Crippen LogP contribution in [0.4, 0.5) is 5.69 Å². The Morgan fingerprint density at radius 1 is 1.05 bits per heavy atom. The van der Waals surface area contributed by atoms with E-state index in [0.717, 1.165) is 16.8 Å². The Hall–Kier alpha value is -2.88. The molecule has 104 valence electrons. The summed E-state index contributed by atoms with van der Waals surface area (Å²) < 4.78 is 5.22. The minimum Gasteiger partial charge on any atom is -0.355 e. The van der Waals surface area contributed by atoms with E-state index in [-0.39, 0.29) is 5.91 Å². The van der Waals surface area contributed by atoms with Crippen LogP contribution in [0, 0.1) is 6.92 Å². The number of hydrogen-bond acceptors (Lipinski definition) is 3. The lowest BCUT2D eigenvalue weighted by Crippen LogP contribution is -2.11. The van der Waals surface area contributed by atoms with E-state index in [2.05, 4.69) is 10.5 Å². The van der Waals surface area contributed by atoms with Gasteiger partial charge in [-0.1, -0.05) is 53.2 Å². The molecule has 3 rings (SSSR count). The van der Waals surface area contributed by atoms with E-state index in [0.29, 0.717) is 11.3 Å². The second-order valence-corrected chi connectivity index (χ2v) is 4.75. The molecule has 3 aromatic rings. The van der Waals surface area contributed by atoms with E-state index in [1.807, 2.05) is 61.5 Å². The molecule has 1 heterocycles. The molecule has 21 heavy (non-hydrogen) atoms. The van der Waals surface area contributed by atoms with Crippen LogP contribution in [0.15, 0.2) is 65.3 Å². The number of aryl methyl sites for hydroxylation is 1. The van der Waals surface area contributed by atoms with Gasteiger partial charge in [-0.15, -0.1) is 0 Å². The maximum Gasteiger partial charge on any atom is 0.261 e. The minimum atomic E-state index is -0.237. The summed E-state index contributed by atoms with van der Waals surface area (Å²) in [6.07, 6.45) is 1.44. The number of amides is 1. The van der Waals surface area contributed by atoms with E-state index in [1.165, 1.54) is 6.20 Å². The molecule has 0 saturated carbocycles. The molecule has 1 N–H and O–H groups in total. The molecule has 0 atom stereocenters. The van der Waals surface area contributed by atoms with Crippen LogP contribution in [-0.2, 0) is 0 Å². The summed E-state index contributed by atoms with van der Waals surface area (Å²) in [5.74, 6) is 0.235. The van der Waals surface area contributed by atoms with Gasteiger partial charge in [-0.3, -0.25) is 4.79 Å². The Labute approximate surface area is 122 Å². The largest absolute Gasteiger partial charge is 0.355 e. The van der Waals surface area contributed by atoms with Gasteiger partial charge in [-0.25, -0.2) is 0 Å². The summed E-state index contributed by atoms with van der Waals surface area (Å²) >= 11 is 0. The predicted octanol–water partition coefficient (Wildman–Crippen LogP) is 3.90. The van der Waals surface area contributed by atoms with Gasteiger partial charge in [0, 0.05) is 11.3 Å². The molecule has 0 bridgehead atoms. The zero-order chi connectivity index (χ0) is 14.7. The van der Waals surface area contributed by atoms with Crippen molar-refractivity contribution in [1.29, 1.82) is 0 Å². The lowest BCUT2D eigenvalue weighted by Gasteiger charge is -2.05. The normalized spacial score (nSPS) is 10.3. The smallest absolute Gasteiger partial charge is 0.261 e. The first-order chi connectivity index (χ1) is 10.2. The van der Waals surface area contributed by atoms with Crippen molar-refractivity contribution < 1.29 is 9.32 Å². The zero-order valence-corrected chi connectivity index (χ0v) is 11.5. The molecule has 0 saturated heterocycles. The van der Waals surface area contributed by atoms with Crippen molar-refractivity contribution in [2.75, 3.05) is 5.32 Å². The molecule has 0 aliphatic carbocycles. The third-order valence-electron chi connectivity index (χ3n) is 3.16. The van der Waals surface area contributed by atoms with E-state index in [9.17, 15) is 4.79 Å². The van der Waals surface area contributed by atoms with Crippen LogP contribution in [0.2, 0.25) is 0 Å². The monoisotopic (exact) mass is 278 g/mol. The summed E-state index contributed by atoms with van der Waals surface area (Å²) in [6, 6.07) is 17.1. The van der Waals surface area contributed by atoms with Gasteiger partial charge in [0.05, 0.1) is 6.20 Å². The van der Waals surface area contributed by atoms with Gasteiger partial charge in [0.25, 0.3) is 5.91 Å². The minimum absolute atomic E-state index is 0.237. The maximum absolute atomic E-state index is 12.3. The van der Waals surface area contributed by atoms with Crippen LogP contribution >= 0.6 is 0 Å². The van der Waals surface area contributed by atoms with E-state index >= 15 is 0 Å². The average molecular weight is 278 g/mol. The molecule has 0 fully saturated rings. The van der Waals surface area contributed by atoms with Crippen LogP contribution in [0.25, 0.3) is 11.3 Å². The highest BCUT2D eigenvalue weighted by atomic mass is 16.5. The molecule has 0 radical (unpaired) electrons. The Kier molecular flexibility index (Phi) is 3.51. The molecule has 0 unspecified atom stereocenters. The van der Waals surface area contributed by atoms with Gasteiger partial charge in [0.1, 0.15) is 5.56 Å². The number of carbonyl (C=O) groups excluding carboxylic acids is 1. The maximum atomic E-state index is 12.3. The highest BCUT2D eigenvalue weighted by molar-refractivity contribution is 6.07. The van der Waals surface area contributed by atoms with Gasteiger partial charge >= 0.3 is 0 Å². The number of carbonyl (C=O) groups is 1. The number of benzene rings is 2. The molecule has 0 spiro atoms. The Morgan fingerprint density at radius 3 is 2.48 bits per heavy atom. The fourth-order valence-corrected chi connectivity index (χ4v) is 2.03. The lowest BCUT2D eigenvalue weighted by atomic mass is 10.1. The summed E-state index contributed by atoms with van der Waals surface area (Å²) in [5, 5.41) is 6.58. The molecular formula is C17H14N2O2. The van der Waals surface area contributed by atoms with Crippen molar-refractivity contribution in [1.82, 2.24) is 5.16 Å². The number of nitrogens with one attached hydrogen (secondary N) is 1. The van der Waals surface area contributed by atoms with Gasteiger partial charge in [-0.05, 0) is 19.1 Å². The van der Waals surface area contributed by atoms with E-state index in [1.54, 1.807) is 0 Å². The summed E-state index contributed by atoms with van der Waals surface area (Å²) in [7, 11) is 0. The molecule has 0 aliphatic rings. The molecule has 4 heteroatoms. The second kappa shape index (κ2) is 5.63. The first kappa shape index (κ1) is 13.1. The quantitative estimate of drug-likeness (QED) is 0.790. The van der Waals surface area contributed by atoms with Crippen molar-refractivity contribution in [2.45, 2.75) is 6.92 Å². The first-order valence-corrected chi connectivity index (χ1v) is 6.62. The van der Waals surface area contributed by atoms with Crippen LogP contribution in [0.3, 0.4) is 0 Å². The van der Waals surface area contributed by atoms with Crippen LogP contribution < -0.4 is 5.32 Å². The third-order valence-corrected chi connectivity index (χ3v) is 3.16. The number of rotatable bonds is 3. The molecule has 1 aromatic heterocycles. The van der Waals surface area contributed by atoms with E-state index in [4.69, 9.17) is 4.52 Å². The van der Waals surface area contributed by atoms with Crippen molar-refractivity contribution >= 4 is 11.6 Å². The van der Waals surface area contributed by atoms with Gasteiger partial charge < -0.3 is 9.84 Å². The van der Waals surface area contributed by atoms with Crippen molar-refractivity contribution in [2.24, 2.45) is 0 Å². The molecule has 2 aromatic carbocycles. The predicted molar refractivity (Wildman–Crippen MR) is 81.1 cm³/mol. The summed E-state index contributed by atoms with van der Waals surface area (Å²) in [6.45, 7) is 2.00. The van der Waals surface area contributed by atoms with Crippen LogP contribution in [-0.4, -0.2) is 11.1 Å². The number of nitrogens with zero attached hydrogens (tertiary/aromatic N) is 1. The SMILES string of the molecule is Cc1ccc(NC(=O)c2cnoc2-c2ccccc2)cc1. The first-order valence-electron chi connectivity index (χ1n) is 6.62. The second-order valence-electron chi connectivity index (χ2n) is 4.75. The van der Waals surface area contributed by atoms with Crippen molar-refractivity contribution in [3.8, 4) is 11.3 Å². The lowest BCUT2D eigenvalue weighted by molar-refractivity contribution is 0.102. The topological polar surface area (TPSA) is 55.1 Å². The van der Waals surface area contributed by atoms with Crippen LogP contribution in [0.5, 0.6) is 0 Å². The van der Waals surface area contributed by atoms with Gasteiger partial charge in [-0.2, -0.15) is 0 Å². The number of aromatic nitrogens is 1. The van der Waals surface area contributed by atoms with Crippen molar-refractivity contribution in [3.63, 3.8) is 0 Å². The molecule has 0 aliphatic heterocycles.